The number of aromatic amines is 1. The van der Waals surface area contributed by atoms with Gasteiger partial charge in [0, 0.05) is 90.9 Å². The first-order chi connectivity index (χ1) is 37.3. The first-order valence-electron chi connectivity index (χ1n) is 27.3. The van der Waals surface area contributed by atoms with Gasteiger partial charge >= 0.3 is 17.9 Å². The fraction of sp³-hybridized carbons (Fsp3) is 0.492. The lowest BCUT2D eigenvalue weighted by Gasteiger charge is -2.63. The Morgan fingerprint density at radius 2 is 1.60 bits per heavy atom. The average Bonchev–Trinajstić information content (AvgIpc) is 3.65. The van der Waals surface area contributed by atoms with Crippen LogP contribution in [0.3, 0.4) is 0 Å². The molecular weight excluding hydrogens is 1010 g/mol. The van der Waals surface area contributed by atoms with Gasteiger partial charge in [0.25, 0.3) is 10.1 Å². The molecule has 5 aliphatic rings. The van der Waals surface area contributed by atoms with Crippen molar-refractivity contribution < 1.29 is 56.1 Å². The van der Waals surface area contributed by atoms with Crippen molar-refractivity contribution in [2.24, 2.45) is 11.3 Å². The van der Waals surface area contributed by atoms with E-state index in [2.05, 4.69) is 39.0 Å². The molecule has 416 valence electrons. The van der Waals surface area contributed by atoms with Crippen molar-refractivity contribution in [3.63, 3.8) is 0 Å². The molecule has 0 amide bonds. The van der Waals surface area contributed by atoms with E-state index in [0.717, 1.165) is 33.2 Å². The summed E-state index contributed by atoms with van der Waals surface area (Å²) < 4.78 is 57.3. The van der Waals surface area contributed by atoms with Crippen molar-refractivity contribution in [1.82, 2.24) is 14.8 Å². The van der Waals surface area contributed by atoms with Crippen molar-refractivity contribution in [2.45, 2.75) is 124 Å². The molecule has 1 spiro atoms. The molecular formula is C61H74N4O12S. The number of methoxy groups -OCH3 is 3. The summed E-state index contributed by atoms with van der Waals surface area (Å²) in [5.74, 6) is -2.09. The van der Waals surface area contributed by atoms with Crippen LogP contribution in [0.15, 0.2) is 108 Å². The van der Waals surface area contributed by atoms with Gasteiger partial charge in [0.05, 0.1) is 44.5 Å². The number of benzene rings is 4. The molecule has 0 unspecified atom stereocenters. The highest BCUT2D eigenvalue weighted by Crippen LogP contribution is 2.68. The number of likely N-dealkylation sites (N-methyl/N-ethyl adjacent to an activating group) is 1. The van der Waals surface area contributed by atoms with Gasteiger partial charge in [-0.05, 0) is 105 Å². The second-order valence-electron chi connectivity index (χ2n) is 22.6. The van der Waals surface area contributed by atoms with Crippen LogP contribution in [0.2, 0.25) is 0 Å². The van der Waals surface area contributed by atoms with E-state index in [1.165, 1.54) is 33.3 Å². The maximum Gasteiger partial charge on any atom is 0.344 e. The number of anilines is 1. The summed E-state index contributed by atoms with van der Waals surface area (Å²) >= 11 is 0. The maximum absolute atomic E-state index is 15.9. The highest BCUT2D eigenvalue weighted by atomic mass is 32.2. The zero-order chi connectivity index (χ0) is 55.6. The molecule has 4 aliphatic heterocycles. The predicted octanol–water partition coefficient (Wildman–Crippen LogP) is 7.28. The predicted molar refractivity (Wildman–Crippen MR) is 295 cm³/mol. The molecule has 1 saturated carbocycles. The number of ether oxygens (including phenoxy) is 4. The quantitative estimate of drug-likeness (QED) is 0.0409. The molecule has 10 rings (SSSR count). The molecule has 9 atom stereocenters. The van der Waals surface area contributed by atoms with Crippen LogP contribution in [0, 0.1) is 18.3 Å². The number of nitrogens with one attached hydrogen (secondary N) is 1. The Balaban J connectivity index is 1.17. The van der Waals surface area contributed by atoms with Crippen molar-refractivity contribution >= 4 is 44.6 Å². The fourth-order valence-corrected chi connectivity index (χ4v) is 16.0. The fourth-order valence-electron chi connectivity index (χ4n) is 15.0. The number of aromatic nitrogens is 1. The van der Waals surface area contributed by atoms with Crippen LogP contribution in [0.25, 0.3) is 10.9 Å². The molecule has 1 saturated heterocycles. The Kier molecular flexibility index (Phi) is 14.8. The monoisotopic (exact) mass is 1090 g/mol. The lowest BCUT2D eigenvalue weighted by molar-refractivity contribution is -0.228. The van der Waals surface area contributed by atoms with Gasteiger partial charge in [-0.25, -0.2) is 4.79 Å². The van der Waals surface area contributed by atoms with Gasteiger partial charge in [-0.15, -0.1) is 0 Å². The minimum Gasteiger partial charge on any atom is -0.496 e. The van der Waals surface area contributed by atoms with E-state index in [1.54, 1.807) is 19.2 Å². The number of fused-ring (bicyclic) bond motifs is 4. The van der Waals surface area contributed by atoms with Gasteiger partial charge < -0.3 is 39.0 Å². The number of nitrogens with zero attached hydrogens (tertiary/aromatic N) is 3. The summed E-state index contributed by atoms with van der Waals surface area (Å²) in [6.45, 7) is 9.29. The number of rotatable bonds is 15. The summed E-state index contributed by atoms with van der Waals surface area (Å²) in [6.07, 6.45) is 4.91. The lowest BCUT2D eigenvalue weighted by atomic mass is 9.47. The van der Waals surface area contributed by atoms with E-state index in [0.29, 0.717) is 81.1 Å². The van der Waals surface area contributed by atoms with Crippen LogP contribution in [0.4, 0.5) is 5.69 Å². The van der Waals surface area contributed by atoms with Gasteiger partial charge in [0.15, 0.2) is 6.10 Å². The number of H-pyrrole nitrogens is 1. The van der Waals surface area contributed by atoms with E-state index in [-0.39, 0.29) is 30.1 Å². The number of carbonyl (C=O) groups is 3. The van der Waals surface area contributed by atoms with Gasteiger partial charge in [-0.1, -0.05) is 92.2 Å². The molecule has 1 aromatic heterocycles. The van der Waals surface area contributed by atoms with Crippen LogP contribution in [-0.4, -0.2) is 142 Å². The number of hydrogen-bond acceptors (Lipinski definition) is 15. The van der Waals surface area contributed by atoms with E-state index in [4.69, 9.17) is 23.1 Å². The minimum atomic E-state index is -4.24. The first-order valence-corrected chi connectivity index (χ1v) is 28.7. The SMILES string of the molecule is CC[C@@](O)(COS(=O)(=O)c1ccc(C)cc1)C[C@H]1CC[C@](C(=O)OC)(c2cc3c(cc2OC)N(C)[C@H]2[C@@](O)(C(=O)OC)[C@H](OC(C)=O)[C@]4(CC)C=CCN5CC[C@]32[C@@H]54)c2[nH]c3ccccc3c2CCN(Cc2ccccc2)C1. The minimum absolute atomic E-state index is 0.00492. The smallest absolute Gasteiger partial charge is 0.344 e. The highest BCUT2D eigenvalue weighted by Gasteiger charge is 2.80. The maximum atomic E-state index is 15.9. The van der Waals surface area contributed by atoms with Crippen molar-refractivity contribution in [3.8, 4) is 5.75 Å². The van der Waals surface area contributed by atoms with Crippen molar-refractivity contribution in [3.05, 3.63) is 137 Å². The molecule has 16 nitrogen and oxygen atoms in total. The summed E-state index contributed by atoms with van der Waals surface area (Å²) in [5, 5.41) is 27.1. The molecule has 0 radical (unpaired) electrons. The van der Waals surface area contributed by atoms with Crippen LogP contribution >= 0.6 is 0 Å². The van der Waals surface area contributed by atoms with Crippen LogP contribution in [0.5, 0.6) is 5.75 Å². The van der Waals surface area contributed by atoms with Crippen molar-refractivity contribution in [1.29, 1.82) is 0 Å². The molecule has 5 aromatic rings. The van der Waals surface area contributed by atoms with Crippen LogP contribution in [-0.2, 0) is 66.7 Å². The molecule has 78 heavy (non-hydrogen) atoms. The third kappa shape index (κ3) is 8.74. The average molecular weight is 1090 g/mol. The summed E-state index contributed by atoms with van der Waals surface area (Å²) in [6, 6.07) is 27.2. The zero-order valence-electron chi connectivity index (χ0n) is 46.0. The molecule has 0 bridgehead atoms. The summed E-state index contributed by atoms with van der Waals surface area (Å²) in [4.78, 5) is 54.2. The number of esters is 3. The number of aryl methyl sites for hydroxylation is 1. The number of para-hydroxylation sites is 1. The molecule has 2 fully saturated rings. The Morgan fingerprint density at radius 1 is 0.885 bits per heavy atom. The Bertz CT molecular complexity index is 3240. The van der Waals surface area contributed by atoms with E-state index >= 15 is 4.79 Å². The van der Waals surface area contributed by atoms with E-state index < -0.39 is 80.3 Å². The second kappa shape index (κ2) is 20.9. The van der Waals surface area contributed by atoms with Crippen LogP contribution < -0.4 is 9.64 Å². The first kappa shape index (κ1) is 55.2. The molecule has 1 aliphatic carbocycles. The van der Waals surface area contributed by atoms with E-state index in [9.17, 15) is 28.2 Å². The Hall–Kier alpha value is -6.08. The summed E-state index contributed by atoms with van der Waals surface area (Å²) in [7, 11) is 1.78. The zero-order valence-corrected chi connectivity index (χ0v) is 46.9. The van der Waals surface area contributed by atoms with E-state index in [1.807, 2.05) is 87.3 Å². The Morgan fingerprint density at radius 3 is 2.28 bits per heavy atom. The normalized spacial score (nSPS) is 28.7. The van der Waals surface area contributed by atoms with Gasteiger partial charge in [-0.3, -0.25) is 23.6 Å². The third-order valence-corrected chi connectivity index (χ3v) is 19.7. The molecule has 4 aromatic carbocycles. The third-order valence-electron chi connectivity index (χ3n) is 18.5. The molecule has 5 heterocycles. The highest BCUT2D eigenvalue weighted by molar-refractivity contribution is 7.86. The molecule has 17 heteroatoms. The largest absolute Gasteiger partial charge is 0.496 e. The number of carbonyl (C=O) groups excluding carboxylic acids is 3. The number of aliphatic hydroxyl groups is 2. The molecule has 3 N–H and O–H groups in total. The lowest BCUT2D eigenvalue weighted by Crippen LogP contribution is -2.81. The van der Waals surface area contributed by atoms with Gasteiger partial charge in [0.1, 0.15) is 11.2 Å². The number of hydrogen-bond donors (Lipinski definition) is 3. The van der Waals surface area contributed by atoms with Crippen molar-refractivity contribution in [2.75, 3.05) is 66.1 Å². The topological polar surface area (TPSA) is 197 Å². The van der Waals surface area contributed by atoms with Gasteiger partial charge in [-0.2, -0.15) is 8.42 Å². The summed E-state index contributed by atoms with van der Waals surface area (Å²) in [5.41, 5.74) is -1.32. The second-order valence-corrected chi connectivity index (χ2v) is 24.2. The standard InChI is InChI=1S/C61H74N4O12S/c1-9-57(69,38-76-78(71,72)43-23-21-39(3)22-24-43)35-42-25-28-59(55(67)74-7,51-45(44-19-14-15-20-48(44)62-51)26-31-64(37-42)36-41-17-12-11-13-18-41)47-33-46-49(34-50(47)73-6)63(5)53-60(46)29-32-65-30-16-27-58(10-2,52(60)65)54(77-40(4)66)61(53,70)56(68)75-8/h11-24,27,33-34,42,52-54,62,69-70H,9-10,25-26,28-32,35-38H2,1-8H3/t42-,52+,53-,54-,57+,58-,59+,60-,61+/m1/s1. The van der Waals surface area contributed by atoms with Gasteiger partial charge in [0.2, 0.25) is 5.60 Å². The van der Waals surface area contributed by atoms with Crippen LogP contribution in [0.1, 0.15) is 92.8 Å². The Labute approximate surface area is 457 Å².